The number of amides is 1. The molecule has 1 fully saturated rings. The number of rotatable bonds is 3. The van der Waals surface area contributed by atoms with Crippen molar-refractivity contribution in [3.05, 3.63) is 27.1 Å². The van der Waals surface area contributed by atoms with Gasteiger partial charge in [-0.05, 0) is 34.1 Å². The highest BCUT2D eigenvalue weighted by molar-refractivity contribution is 9.11. The van der Waals surface area contributed by atoms with Crippen LogP contribution in [0.1, 0.15) is 0 Å². The number of carbonyl (C=O) groups excluding carboxylic acids is 1. The Bertz CT molecular complexity index is 473. The fraction of sp³-hybridized carbons (Fsp3) is 0.417. The Morgan fingerprint density at radius 2 is 1.95 bits per heavy atom. The molecule has 0 aromatic heterocycles. The maximum Gasteiger partial charge on any atom is 0.260 e. The van der Waals surface area contributed by atoms with E-state index in [9.17, 15) is 15.0 Å². The predicted molar refractivity (Wildman–Crippen MR) is 75.9 cm³/mol. The van der Waals surface area contributed by atoms with Crippen LogP contribution in [0.3, 0.4) is 0 Å². The average molecular weight is 395 g/mol. The van der Waals surface area contributed by atoms with Crippen LogP contribution in [0.5, 0.6) is 5.75 Å². The van der Waals surface area contributed by atoms with Crippen LogP contribution < -0.4 is 4.74 Å². The molecule has 104 valence electrons. The lowest BCUT2D eigenvalue weighted by Gasteiger charge is -2.16. The number of hydrogen-bond acceptors (Lipinski definition) is 4. The Morgan fingerprint density at radius 3 is 2.53 bits per heavy atom. The van der Waals surface area contributed by atoms with Crippen LogP contribution >= 0.6 is 31.9 Å². The molecule has 0 unspecified atom stereocenters. The Balaban J connectivity index is 1.90. The van der Waals surface area contributed by atoms with E-state index < -0.39 is 12.2 Å². The fourth-order valence-electron chi connectivity index (χ4n) is 1.80. The van der Waals surface area contributed by atoms with E-state index in [4.69, 9.17) is 4.74 Å². The van der Waals surface area contributed by atoms with Crippen LogP contribution in [0.2, 0.25) is 0 Å². The van der Waals surface area contributed by atoms with Gasteiger partial charge in [-0.3, -0.25) is 4.79 Å². The van der Waals surface area contributed by atoms with Crippen molar-refractivity contribution >= 4 is 37.8 Å². The zero-order valence-electron chi connectivity index (χ0n) is 9.92. The van der Waals surface area contributed by atoms with Gasteiger partial charge in [0, 0.05) is 17.6 Å². The van der Waals surface area contributed by atoms with Gasteiger partial charge in [-0.2, -0.15) is 0 Å². The third-order valence-electron chi connectivity index (χ3n) is 2.86. The lowest BCUT2D eigenvalue weighted by atomic mass is 10.3. The van der Waals surface area contributed by atoms with E-state index in [-0.39, 0.29) is 25.6 Å². The third-order valence-corrected chi connectivity index (χ3v) is 3.97. The van der Waals surface area contributed by atoms with Crippen molar-refractivity contribution in [2.24, 2.45) is 0 Å². The van der Waals surface area contributed by atoms with Crippen molar-refractivity contribution in [3.63, 3.8) is 0 Å². The predicted octanol–water partition coefficient (Wildman–Crippen LogP) is 1.15. The molecule has 0 radical (unpaired) electrons. The summed E-state index contributed by atoms with van der Waals surface area (Å²) in [6.45, 7) is 0.162. The average Bonchev–Trinajstić information content (AvgIpc) is 2.68. The fourth-order valence-corrected chi connectivity index (χ4v) is 2.96. The molecule has 0 saturated carbocycles. The summed E-state index contributed by atoms with van der Waals surface area (Å²) < 4.78 is 7.07. The summed E-state index contributed by atoms with van der Waals surface area (Å²) in [4.78, 5) is 13.2. The topological polar surface area (TPSA) is 70.0 Å². The highest BCUT2D eigenvalue weighted by Crippen LogP contribution is 2.28. The minimum absolute atomic E-state index is 0.125. The van der Waals surface area contributed by atoms with Crippen LogP contribution in [0.15, 0.2) is 27.1 Å². The highest BCUT2D eigenvalue weighted by atomic mass is 79.9. The second-order valence-corrected chi connectivity index (χ2v) is 6.07. The number of ether oxygens (including phenoxy) is 1. The Labute approximate surface area is 127 Å². The van der Waals surface area contributed by atoms with Gasteiger partial charge < -0.3 is 19.8 Å². The molecule has 5 nitrogen and oxygen atoms in total. The summed E-state index contributed by atoms with van der Waals surface area (Å²) in [5.41, 5.74) is 0. The maximum absolute atomic E-state index is 11.8. The van der Waals surface area contributed by atoms with Crippen molar-refractivity contribution in [3.8, 4) is 5.75 Å². The Morgan fingerprint density at radius 1 is 1.32 bits per heavy atom. The zero-order valence-corrected chi connectivity index (χ0v) is 13.1. The second-order valence-electron chi connectivity index (χ2n) is 4.30. The third kappa shape index (κ3) is 3.68. The molecule has 2 rings (SSSR count). The molecule has 0 bridgehead atoms. The number of aliphatic hydroxyl groups is 2. The smallest absolute Gasteiger partial charge is 0.260 e. The quantitative estimate of drug-likeness (QED) is 0.806. The van der Waals surface area contributed by atoms with Crippen molar-refractivity contribution in [1.29, 1.82) is 0 Å². The van der Waals surface area contributed by atoms with E-state index in [1.165, 1.54) is 4.90 Å². The van der Waals surface area contributed by atoms with Gasteiger partial charge in [-0.25, -0.2) is 0 Å². The van der Waals surface area contributed by atoms with Gasteiger partial charge in [0.1, 0.15) is 5.75 Å². The molecule has 1 saturated heterocycles. The summed E-state index contributed by atoms with van der Waals surface area (Å²) in [6.07, 6.45) is -1.74. The number of benzene rings is 1. The van der Waals surface area contributed by atoms with Crippen LogP contribution in [0, 0.1) is 0 Å². The Kier molecular flexibility index (Phi) is 4.83. The molecule has 1 aliphatic heterocycles. The molecule has 7 heteroatoms. The van der Waals surface area contributed by atoms with E-state index in [2.05, 4.69) is 31.9 Å². The molecule has 1 heterocycles. The number of aliphatic hydroxyl groups excluding tert-OH is 2. The largest absolute Gasteiger partial charge is 0.483 e. The zero-order chi connectivity index (χ0) is 14.0. The molecule has 0 spiro atoms. The molecular formula is C12H13Br2NO4. The van der Waals surface area contributed by atoms with Crippen molar-refractivity contribution in [2.75, 3.05) is 19.7 Å². The summed E-state index contributed by atoms with van der Waals surface area (Å²) in [5.74, 6) is 0.308. The molecule has 1 amide bonds. The van der Waals surface area contributed by atoms with Crippen molar-refractivity contribution < 1.29 is 19.7 Å². The van der Waals surface area contributed by atoms with Gasteiger partial charge in [-0.1, -0.05) is 15.9 Å². The first-order chi connectivity index (χ1) is 8.97. The van der Waals surface area contributed by atoms with Crippen LogP contribution in [0.25, 0.3) is 0 Å². The van der Waals surface area contributed by atoms with Crippen molar-refractivity contribution in [2.45, 2.75) is 12.2 Å². The molecular weight excluding hydrogens is 382 g/mol. The van der Waals surface area contributed by atoms with Gasteiger partial charge in [0.05, 0.1) is 16.7 Å². The first kappa shape index (κ1) is 14.8. The standard InChI is InChI=1S/C12H13Br2NO4/c13-7-1-2-11(8(14)3-7)19-6-12(18)15-4-9(16)10(17)5-15/h1-3,9-10,16-17H,4-6H2/t9-,10+. The van der Waals surface area contributed by atoms with Gasteiger partial charge in [0.2, 0.25) is 0 Å². The van der Waals surface area contributed by atoms with Gasteiger partial charge in [0.15, 0.2) is 6.61 Å². The van der Waals surface area contributed by atoms with Crippen LogP contribution in [-0.4, -0.2) is 52.9 Å². The number of carbonyl (C=O) groups is 1. The lowest BCUT2D eigenvalue weighted by Crippen LogP contribution is -2.34. The Hall–Kier alpha value is -0.630. The van der Waals surface area contributed by atoms with E-state index in [0.29, 0.717) is 5.75 Å². The van der Waals surface area contributed by atoms with E-state index in [1.807, 2.05) is 12.1 Å². The maximum atomic E-state index is 11.8. The lowest BCUT2D eigenvalue weighted by molar-refractivity contribution is -0.132. The van der Waals surface area contributed by atoms with E-state index >= 15 is 0 Å². The summed E-state index contributed by atoms with van der Waals surface area (Å²) in [7, 11) is 0. The first-order valence-electron chi connectivity index (χ1n) is 5.69. The number of likely N-dealkylation sites (tertiary alicyclic amines) is 1. The van der Waals surface area contributed by atoms with Gasteiger partial charge in [-0.15, -0.1) is 0 Å². The van der Waals surface area contributed by atoms with E-state index in [1.54, 1.807) is 6.07 Å². The minimum atomic E-state index is -0.872. The van der Waals surface area contributed by atoms with Gasteiger partial charge >= 0.3 is 0 Å². The highest BCUT2D eigenvalue weighted by Gasteiger charge is 2.32. The number of halogens is 2. The molecule has 2 N–H and O–H groups in total. The van der Waals surface area contributed by atoms with E-state index in [0.717, 1.165) is 8.95 Å². The molecule has 1 aromatic rings. The van der Waals surface area contributed by atoms with Crippen molar-refractivity contribution in [1.82, 2.24) is 4.90 Å². The van der Waals surface area contributed by atoms with Crippen LogP contribution in [0.4, 0.5) is 0 Å². The van der Waals surface area contributed by atoms with Gasteiger partial charge in [0.25, 0.3) is 5.91 Å². The normalized spacial score (nSPS) is 22.6. The number of hydrogen-bond donors (Lipinski definition) is 2. The first-order valence-corrected chi connectivity index (χ1v) is 7.27. The SMILES string of the molecule is O=C(COc1ccc(Br)cc1Br)N1C[C@@H](O)[C@@H](O)C1. The molecule has 1 aromatic carbocycles. The molecule has 0 aliphatic carbocycles. The summed E-state index contributed by atoms with van der Waals surface area (Å²) >= 11 is 6.67. The number of nitrogens with zero attached hydrogens (tertiary/aromatic N) is 1. The monoisotopic (exact) mass is 393 g/mol. The second kappa shape index (κ2) is 6.21. The molecule has 1 aliphatic rings. The van der Waals surface area contributed by atoms with Crippen LogP contribution in [-0.2, 0) is 4.79 Å². The summed E-state index contributed by atoms with van der Waals surface area (Å²) in [6, 6.07) is 5.38. The summed E-state index contributed by atoms with van der Waals surface area (Å²) in [5, 5.41) is 18.8. The molecule has 2 atom stereocenters. The minimum Gasteiger partial charge on any atom is -0.483 e. The molecule has 19 heavy (non-hydrogen) atoms. The number of β-amino-alcohol motifs (C(OH)–C–C–N with tert-alkyl or cyclic N) is 2.